The summed E-state index contributed by atoms with van der Waals surface area (Å²) in [6, 6.07) is 0. The van der Waals surface area contributed by atoms with Gasteiger partial charge in [0.2, 0.25) is 0 Å². The number of nitrogens with zero attached hydrogens (tertiary/aromatic N) is 1. The van der Waals surface area contributed by atoms with Crippen molar-refractivity contribution < 1.29 is 23.9 Å². The molecular weight excluding hydrogens is 310 g/mol. The summed E-state index contributed by atoms with van der Waals surface area (Å²) in [6.07, 6.45) is 1.80. The van der Waals surface area contributed by atoms with Crippen molar-refractivity contribution >= 4 is 17.8 Å². The molecule has 0 unspecified atom stereocenters. The van der Waals surface area contributed by atoms with Gasteiger partial charge < -0.3 is 14.4 Å². The van der Waals surface area contributed by atoms with Crippen LogP contribution in [0, 0.1) is 17.3 Å². The first kappa shape index (κ1) is 21.7. The SMILES string of the molecule is C/C=C(\C)CC(CC#CC(=O)N(C)C)(C(=O)OCC)C(=O)OCC. The van der Waals surface area contributed by atoms with Gasteiger partial charge in [-0.2, -0.15) is 0 Å². The first-order valence-corrected chi connectivity index (χ1v) is 7.91. The molecule has 0 aliphatic heterocycles. The molecule has 24 heavy (non-hydrogen) atoms. The van der Waals surface area contributed by atoms with Crippen LogP contribution in [-0.4, -0.2) is 50.1 Å². The van der Waals surface area contributed by atoms with E-state index in [0.29, 0.717) is 0 Å². The minimum atomic E-state index is -1.57. The van der Waals surface area contributed by atoms with Gasteiger partial charge in [-0.1, -0.05) is 17.6 Å². The summed E-state index contributed by atoms with van der Waals surface area (Å²) in [6.45, 7) is 7.23. The third kappa shape index (κ3) is 6.07. The van der Waals surface area contributed by atoms with Crippen molar-refractivity contribution in [2.75, 3.05) is 27.3 Å². The molecule has 0 aliphatic carbocycles. The normalized spacial score (nSPS) is 11.2. The maximum atomic E-state index is 12.5. The number of ether oxygens (including phenoxy) is 2. The Kier molecular flexibility index (Phi) is 9.48. The van der Waals surface area contributed by atoms with Gasteiger partial charge in [-0.05, 0) is 40.0 Å². The lowest BCUT2D eigenvalue weighted by atomic mass is 9.78. The molecule has 6 heteroatoms. The third-order valence-electron chi connectivity index (χ3n) is 3.40. The fraction of sp³-hybridized carbons (Fsp3) is 0.611. The van der Waals surface area contributed by atoms with Crippen molar-refractivity contribution in [1.82, 2.24) is 4.90 Å². The van der Waals surface area contributed by atoms with Crippen molar-refractivity contribution in [3.8, 4) is 11.8 Å². The molecule has 0 aliphatic rings. The predicted octanol–water partition coefficient (Wildman–Crippen LogP) is 1.94. The van der Waals surface area contributed by atoms with Crippen LogP contribution in [0.15, 0.2) is 11.6 Å². The van der Waals surface area contributed by atoms with Crippen molar-refractivity contribution in [2.45, 2.75) is 40.5 Å². The number of carbonyl (C=O) groups excluding carboxylic acids is 3. The molecular formula is C18H27NO5. The topological polar surface area (TPSA) is 72.9 Å². The molecule has 0 atom stereocenters. The largest absolute Gasteiger partial charge is 0.465 e. The zero-order valence-corrected chi connectivity index (χ0v) is 15.4. The van der Waals surface area contributed by atoms with E-state index in [9.17, 15) is 14.4 Å². The Bertz CT molecular complexity index is 533. The van der Waals surface area contributed by atoms with Gasteiger partial charge >= 0.3 is 11.9 Å². The van der Waals surface area contributed by atoms with Gasteiger partial charge in [-0.25, -0.2) is 0 Å². The predicted molar refractivity (Wildman–Crippen MR) is 90.8 cm³/mol. The highest BCUT2D eigenvalue weighted by molar-refractivity contribution is 6.01. The van der Waals surface area contributed by atoms with Gasteiger partial charge in [0.1, 0.15) is 0 Å². The van der Waals surface area contributed by atoms with Gasteiger partial charge in [0.25, 0.3) is 5.91 Å². The summed E-state index contributed by atoms with van der Waals surface area (Å²) in [5, 5.41) is 0. The maximum Gasteiger partial charge on any atom is 0.324 e. The fourth-order valence-electron chi connectivity index (χ4n) is 1.93. The Labute approximate surface area is 144 Å². The highest BCUT2D eigenvalue weighted by atomic mass is 16.6. The first-order valence-electron chi connectivity index (χ1n) is 7.91. The zero-order chi connectivity index (χ0) is 18.8. The van der Waals surface area contributed by atoms with Crippen molar-refractivity contribution in [3.05, 3.63) is 11.6 Å². The van der Waals surface area contributed by atoms with Crippen LogP contribution in [0.25, 0.3) is 0 Å². The highest BCUT2D eigenvalue weighted by Gasteiger charge is 2.48. The Balaban J connectivity index is 5.83. The van der Waals surface area contributed by atoms with Crippen LogP contribution in [0.2, 0.25) is 0 Å². The van der Waals surface area contributed by atoms with Gasteiger partial charge in [0, 0.05) is 20.5 Å². The van der Waals surface area contributed by atoms with Crippen LogP contribution in [0.3, 0.4) is 0 Å². The van der Waals surface area contributed by atoms with Crippen LogP contribution in [0.1, 0.15) is 40.5 Å². The quantitative estimate of drug-likeness (QED) is 0.307. The van der Waals surface area contributed by atoms with Gasteiger partial charge in [-0.15, -0.1) is 0 Å². The van der Waals surface area contributed by atoms with Crippen LogP contribution in [-0.2, 0) is 23.9 Å². The number of carbonyl (C=O) groups is 3. The van der Waals surface area contributed by atoms with E-state index in [1.54, 1.807) is 27.9 Å². The van der Waals surface area contributed by atoms with Crippen molar-refractivity contribution in [1.29, 1.82) is 0 Å². The zero-order valence-electron chi connectivity index (χ0n) is 15.4. The molecule has 0 spiro atoms. The van der Waals surface area contributed by atoms with E-state index in [4.69, 9.17) is 9.47 Å². The van der Waals surface area contributed by atoms with E-state index in [-0.39, 0.29) is 26.1 Å². The van der Waals surface area contributed by atoms with Crippen molar-refractivity contribution in [2.24, 2.45) is 5.41 Å². The van der Waals surface area contributed by atoms with Gasteiger partial charge in [-0.3, -0.25) is 14.4 Å². The summed E-state index contributed by atoms with van der Waals surface area (Å²) >= 11 is 0. The Morgan fingerprint density at radius 3 is 1.96 bits per heavy atom. The Morgan fingerprint density at radius 2 is 1.58 bits per heavy atom. The molecule has 0 radical (unpaired) electrons. The van der Waals surface area contributed by atoms with E-state index in [0.717, 1.165) is 5.57 Å². The van der Waals surface area contributed by atoms with Crippen LogP contribution >= 0.6 is 0 Å². The lowest BCUT2D eigenvalue weighted by Gasteiger charge is -2.27. The molecule has 0 aromatic heterocycles. The van der Waals surface area contributed by atoms with Crippen LogP contribution in [0.5, 0.6) is 0 Å². The van der Waals surface area contributed by atoms with E-state index in [1.165, 1.54) is 4.90 Å². The minimum absolute atomic E-state index is 0.131. The Hall–Kier alpha value is -2.29. The molecule has 6 nitrogen and oxygen atoms in total. The standard InChI is InChI=1S/C18H27NO5/c1-7-14(4)13-18(16(21)23-8-2,17(22)24-9-3)12-10-11-15(20)19(5)6/h7H,8-9,12-13H2,1-6H3/b14-7+. The van der Waals surface area contributed by atoms with E-state index in [2.05, 4.69) is 11.8 Å². The van der Waals surface area contributed by atoms with Crippen molar-refractivity contribution in [3.63, 3.8) is 0 Å². The summed E-state index contributed by atoms with van der Waals surface area (Å²) in [5.74, 6) is 3.30. The molecule has 0 saturated heterocycles. The first-order chi connectivity index (χ1) is 11.2. The highest BCUT2D eigenvalue weighted by Crippen LogP contribution is 2.33. The molecule has 0 fully saturated rings. The van der Waals surface area contributed by atoms with Gasteiger partial charge in [0.15, 0.2) is 5.41 Å². The van der Waals surface area contributed by atoms with E-state index < -0.39 is 23.3 Å². The van der Waals surface area contributed by atoms with E-state index >= 15 is 0 Å². The number of esters is 2. The average molecular weight is 337 g/mol. The van der Waals surface area contributed by atoms with Crippen LogP contribution in [0.4, 0.5) is 0 Å². The molecule has 0 aromatic rings. The smallest absolute Gasteiger partial charge is 0.324 e. The third-order valence-corrected chi connectivity index (χ3v) is 3.40. The molecule has 134 valence electrons. The molecule has 0 saturated carbocycles. The maximum absolute atomic E-state index is 12.5. The molecule has 0 bridgehead atoms. The second-order valence-electron chi connectivity index (χ2n) is 5.51. The monoisotopic (exact) mass is 337 g/mol. The van der Waals surface area contributed by atoms with Crippen LogP contribution < -0.4 is 0 Å². The summed E-state index contributed by atoms with van der Waals surface area (Å²) < 4.78 is 10.2. The average Bonchev–Trinajstić information content (AvgIpc) is 2.53. The molecule has 0 N–H and O–H groups in total. The number of hydrogen-bond donors (Lipinski definition) is 0. The number of allylic oxidation sites excluding steroid dienone is 2. The summed E-state index contributed by atoms with van der Waals surface area (Å²) in [7, 11) is 3.15. The molecule has 0 rings (SSSR count). The lowest BCUT2D eigenvalue weighted by molar-refractivity contribution is -0.171. The molecule has 0 heterocycles. The Morgan fingerprint density at radius 1 is 1.08 bits per heavy atom. The lowest BCUT2D eigenvalue weighted by Crippen LogP contribution is -2.42. The molecule has 0 aromatic carbocycles. The summed E-state index contributed by atoms with van der Waals surface area (Å²) in [4.78, 5) is 38.0. The molecule has 1 amide bonds. The number of rotatable bonds is 7. The van der Waals surface area contributed by atoms with E-state index in [1.807, 2.05) is 19.9 Å². The second kappa shape index (κ2) is 10.5. The fourth-order valence-corrected chi connectivity index (χ4v) is 1.93. The number of hydrogen-bond acceptors (Lipinski definition) is 5. The summed E-state index contributed by atoms with van der Waals surface area (Å²) in [5.41, 5.74) is -0.737. The number of amides is 1. The minimum Gasteiger partial charge on any atom is -0.465 e. The van der Waals surface area contributed by atoms with Gasteiger partial charge in [0.05, 0.1) is 13.2 Å². The second-order valence-corrected chi connectivity index (χ2v) is 5.51.